The largest absolute Gasteiger partial charge is 0.459 e. The van der Waals surface area contributed by atoms with E-state index >= 15 is 0 Å². The molecule has 0 bridgehead atoms. The molecule has 0 atom stereocenters. The lowest BCUT2D eigenvalue weighted by Gasteiger charge is -1.95. The third-order valence-electron chi connectivity index (χ3n) is 2.91. The van der Waals surface area contributed by atoms with Crippen LogP contribution < -0.4 is 0 Å². The van der Waals surface area contributed by atoms with Crippen LogP contribution in [0.15, 0.2) is 75.5 Å². The van der Waals surface area contributed by atoms with Gasteiger partial charge in [0.15, 0.2) is 11.5 Å². The van der Waals surface area contributed by atoms with Crippen LogP contribution in [0.5, 0.6) is 0 Å². The van der Waals surface area contributed by atoms with Crippen LogP contribution >= 0.6 is 0 Å². The molecule has 1 aromatic carbocycles. The van der Waals surface area contributed by atoms with Crippen LogP contribution in [0.3, 0.4) is 0 Å². The predicted molar refractivity (Wildman–Crippen MR) is 79.5 cm³/mol. The van der Waals surface area contributed by atoms with Gasteiger partial charge < -0.3 is 9.15 Å². The van der Waals surface area contributed by atoms with E-state index < -0.39 is 5.97 Å². The van der Waals surface area contributed by atoms with E-state index in [4.69, 9.17) is 9.15 Å². The minimum Gasteiger partial charge on any atom is -0.459 e. The molecule has 0 unspecified atom stereocenters. The third kappa shape index (κ3) is 3.00. The number of hydrogen-bond donors (Lipinski definition) is 0. The molecule has 4 heteroatoms. The summed E-state index contributed by atoms with van der Waals surface area (Å²) in [4.78, 5) is 16.0. The summed E-state index contributed by atoms with van der Waals surface area (Å²) in [5, 5.41) is 0. The molecule has 0 spiro atoms. The van der Waals surface area contributed by atoms with Gasteiger partial charge in [0.05, 0.1) is 6.26 Å². The molecule has 0 amide bonds. The van der Waals surface area contributed by atoms with Crippen molar-refractivity contribution in [2.24, 2.45) is 4.99 Å². The summed E-state index contributed by atoms with van der Waals surface area (Å²) in [6, 6.07) is 13.3. The maximum atomic E-state index is 11.8. The molecule has 1 aliphatic heterocycles. The first kappa shape index (κ1) is 13.1. The second-order valence-electron chi connectivity index (χ2n) is 4.61. The lowest BCUT2D eigenvalue weighted by Crippen LogP contribution is -2.04. The highest BCUT2D eigenvalue weighted by atomic mass is 16.6. The van der Waals surface area contributed by atoms with Crippen molar-refractivity contribution >= 4 is 17.9 Å². The third-order valence-corrected chi connectivity index (χ3v) is 2.91. The molecule has 0 aliphatic carbocycles. The maximum Gasteiger partial charge on any atom is 0.363 e. The highest BCUT2D eigenvalue weighted by Gasteiger charge is 2.25. The van der Waals surface area contributed by atoms with Crippen molar-refractivity contribution < 1.29 is 13.9 Å². The van der Waals surface area contributed by atoms with Crippen molar-refractivity contribution in [1.29, 1.82) is 0 Å². The first-order valence-corrected chi connectivity index (χ1v) is 6.52. The molecule has 0 fully saturated rings. The Morgan fingerprint density at radius 3 is 2.67 bits per heavy atom. The molecule has 1 aromatic heterocycles. The quantitative estimate of drug-likeness (QED) is 0.637. The Hall–Kier alpha value is -2.88. The molecule has 104 valence electrons. The van der Waals surface area contributed by atoms with Crippen molar-refractivity contribution in [3.8, 4) is 0 Å². The maximum absolute atomic E-state index is 11.8. The van der Waals surface area contributed by atoms with Gasteiger partial charge in [-0.2, -0.15) is 0 Å². The van der Waals surface area contributed by atoms with Gasteiger partial charge in [-0.05, 0) is 36.3 Å². The van der Waals surface area contributed by atoms with Gasteiger partial charge in [-0.15, -0.1) is 0 Å². The summed E-state index contributed by atoms with van der Waals surface area (Å²) in [7, 11) is 0. The number of furan rings is 1. The van der Waals surface area contributed by atoms with Crippen LogP contribution in [0.2, 0.25) is 0 Å². The SMILES string of the molecule is CC(=C/c1ccccc1)/C=C1\N=C(c2ccco2)OC1=O. The highest BCUT2D eigenvalue weighted by molar-refractivity contribution is 6.10. The van der Waals surface area contributed by atoms with E-state index in [1.54, 1.807) is 18.2 Å². The van der Waals surface area contributed by atoms with Crippen LogP contribution in [0.4, 0.5) is 0 Å². The number of benzene rings is 1. The van der Waals surface area contributed by atoms with E-state index in [-0.39, 0.29) is 11.6 Å². The molecule has 2 aromatic rings. The summed E-state index contributed by atoms with van der Waals surface area (Å²) >= 11 is 0. The Kier molecular flexibility index (Phi) is 3.51. The number of rotatable bonds is 3. The summed E-state index contributed by atoms with van der Waals surface area (Å²) in [6.07, 6.45) is 5.18. The number of ether oxygens (including phenoxy) is 1. The average molecular weight is 279 g/mol. The monoisotopic (exact) mass is 279 g/mol. The number of nitrogens with zero attached hydrogens (tertiary/aromatic N) is 1. The van der Waals surface area contributed by atoms with Crippen molar-refractivity contribution in [2.45, 2.75) is 6.92 Å². The summed E-state index contributed by atoms with van der Waals surface area (Å²) in [5.74, 6) is 0.169. The fourth-order valence-corrected chi connectivity index (χ4v) is 1.98. The zero-order valence-corrected chi connectivity index (χ0v) is 11.4. The van der Waals surface area contributed by atoms with Gasteiger partial charge >= 0.3 is 5.97 Å². The molecule has 1 aliphatic rings. The molecule has 0 N–H and O–H groups in total. The van der Waals surface area contributed by atoms with Crippen LogP contribution in [-0.4, -0.2) is 11.9 Å². The highest BCUT2D eigenvalue weighted by Crippen LogP contribution is 2.19. The van der Waals surface area contributed by atoms with Crippen molar-refractivity contribution in [3.63, 3.8) is 0 Å². The van der Waals surface area contributed by atoms with Gasteiger partial charge in [-0.1, -0.05) is 36.4 Å². The van der Waals surface area contributed by atoms with Crippen molar-refractivity contribution in [1.82, 2.24) is 0 Å². The second-order valence-corrected chi connectivity index (χ2v) is 4.61. The van der Waals surface area contributed by atoms with Gasteiger partial charge in [-0.3, -0.25) is 0 Å². The van der Waals surface area contributed by atoms with Crippen molar-refractivity contribution in [3.05, 3.63) is 77.4 Å². The zero-order valence-electron chi connectivity index (χ0n) is 11.4. The molecule has 21 heavy (non-hydrogen) atoms. The van der Waals surface area contributed by atoms with Crippen LogP contribution in [0.1, 0.15) is 18.2 Å². The van der Waals surface area contributed by atoms with E-state index in [9.17, 15) is 4.79 Å². The molecule has 4 nitrogen and oxygen atoms in total. The van der Waals surface area contributed by atoms with Crippen LogP contribution in [0.25, 0.3) is 6.08 Å². The number of allylic oxidation sites excluding steroid dienone is 2. The van der Waals surface area contributed by atoms with Gasteiger partial charge in [-0.25, -0.2) is 9.79 Å². The van der Waals surface area contributed by atoms with Gasteiger partial charge in [0, 0.05) is 0 Å². The van der Waals surface area contributed by atoms with Crippen LogP contribution in [0, 0.1) is 0 Å². The molecular formula is C17H13NO3. The lowest BCUT2D eigenvalue weighted by atomic mass is 10.1. The predicted octanol–water partition coefficient (Wildman–Crippen LogP) is 3.57. The van der Waals surface area contributed by atoms with E-state index in [2.05, 4.69) is 4.99 Å². The standard InChI is InChI=1S/C17H13NO3/c1-12(10-13-6-3-2-4-7-13)11-14-17(19)21-16(18-14)15-8-5-9-20-15/h2-11H,1H3/b12-10-,14-11-. The first-order chi connectivity index (χ1) is 10.2. The minimum atomic E-state index is -0.470. The molecule has 3 rings (SSSR count). The Balaban J connectivity index is 1.86. The molecule has 0 saturated heterocycles. The average Bonchev–Trinajstić information content (AvgIpc) is 3.10. The van der Waals surface area contributed by atoms with Crippen molar-refractivity contribution in [2.75, 3.05) is 0 Å². The van der Waals surface area contributed by atoms with Gasteiger partial charge in [0.25, 0.3) is 5.90 Å². The van der Waals surface area contributed by atoms with E-state index in [1.165, 1.54) is 6.26 Å². The fourth-order valence-electron chi connectivity index (χ4n) is 1.98. The number of esters is 1. The lowest BCUT2D eigenvalue weighted by molar-refractivity contribution is -0.130. The normalized spacial score (nSPS) is 17.0. The Morgan fingerprint density at radius 1 is 1.14 bits per heavy atom. The van der Waals surface area contributed by atoms with Crippen LogP contribution in [-0.2, 0) is 9.53 Å². The Morgan fingerprint density at radius 2 is 1.95 bits per heavy atom. The second kappa shape index (κ2) is 5.63. The summed E-state index contributed by atoms with van der Waals surface area (Å²) in [6.45, 7) is 1.91. The Bertz CT molecular complexity index is 738. The number of cyclic esters (lactones) is 1. The van der Waals surface area contributed by atoms with Gasteiger partial charge in [0.1, 0.15) is 0 Å². The van der Waals surface area contributed by atoms with Gasteiger partial charge in [0.2, 0.25) is 0 Å². The number of aliphatic imine (C=N–C) groups is 1. The van der Waals surface area contributed by atoms with E-state index in [1.807, 2.05) is 43.3 Å². The summed E-state index contributed by atoms with van der Waals surface area (Å²) in [5.41, 5.74) is 2.25. The molecular weight excluding hydrogens is 266 g/mol. The summed E-state index contributed by atoms with van der Waals surface area (Å²) < 4.78 is 10.3. The smallest absolute Gasteiger partial charge is 0.363 e. The fraction of sp³-hybridized carbons (Fsp3) is 0.0588. The molecule has 2 heterocycles. The first-order valence-electron chi connectivity index (χ1n) is 6.52. The number of carbonyl (C=O) groups is 1. The molecule has 0 saturated carbocycles. The minimum absolute atomic E-state index is 0.198. The topological polar surface area (TPSA) is 51.8 Å². The van der Waals surface area contributed by atoms with E-state index in [0.717, 1.165) is 11.1 Å². The number of hydrogen-bond acceptors (Lipinski definition) is 4. The zero-order chi connectivity index (χ0) is 14.7. The number of carbonyl (C=O) groups excluding carboxylic acids is 1. The molecule has 0 radical (unpaired) electrons. The van der Waals surface area contributed by atoms with E-state index in [0.29, 0.717) is 5.76 Å². The Labute approximate surface area is 122 Å².